The fourth-order valence-electron chi connectivity index (χ4n) is 2.47. The first-order valence-corrected chi connectivity index (χ1v) is 8.66. The van der Waals surface area contributed by atoms with Crippen molar-refractivity contribution in [1.82, 2.24) is 9.78 Å². The Morgan fingerprint density at radius 1 is 1.38 bits per heavy atom. The van der Waals surface area contributed by atoms with Crippen LogP contribution < -0.4 is 5.32 Å². The second-order valence-corrected chi connectivity index (χ2v) is 6.50. The van der Waals surface area contributed by atoms with Crippen LogP contribution in [0.4, 0.5) is 11.5 Å². The van der Waals surface area contributed by atoms with Gasteiger partial charge in [0.25, 0.3) is 0 Å². The summed E-state index contributed by atoms with van der Waals surface area (Å²) in [4.78, 5) is 11.1. The molecule has 1 N–H and O–H groups in total. The summed E-state index contributed by atoms with van der Waals surface area (Å²) in [6.45, 7) is 7.01. The molecule has 0 aliphatic carbocycles. The summed E-state index contributed by atoms with van der Waals surface area (Å²) in [6, 6.07) is 0. The summed E-state index contributed by atoms with van der Waals surface area (Å²) < 4.78 is 1.70. The predicted octanol–water partition coefficient (Wildman–Crippen LogP) is 3.61. The molecule has 1 heterocycles. The van der Waals surface area contributed by atoms with E-state index in [0.29, 0.717) is 24.5 Å². The van der Waals surface area contributed by atoms with Crippen molar-refractivity contribution in [3.63, 3.8) is 0 Å². The van der Waals surface area contributed by atoms with Crippen LogP contribution in [0.3, 0.4) is 0 Å². The lowest BCUT2D eigenvalue weighted by Crippen LogP contribution is -2.32. The minimum atomic E-state index is -0.320. The molecule has 0 spiro atoms. The van der Waals surface area contributed by atoms with E-state index in [1.807, 2.05) is 18.7 Å². The molecule has 0 aliphatic rings. The number of hydrogen-bond acceptors (Lipinski definition) is 5. The minimum Gasteiger partial charge on any atom is -0.363 e. The number of anilines is 1. The lowest BCUT2D eigenvalue weighted by Gasteiger charge is -2.30. The van der Waals surface area contributed by atoms with Crippen LogP contribution in [0.5, 0.6) is 0 Å². The number of nitrogens with zero attached hydrogens (tertiary/aromatic N) is 3. The van der Waals surface area contributed by atoms with Crippen molar-refractivity contribution in [1.29, 1.82) is 0 Å². The Hall–Kier alpha value is -1.24. The van der Waals surface area contributed by atoms with Gasteiger partial charge in [0.05, 0.1) is 4.92 Å². The van der Waals surface area contributed by atoms with Gasteiger partial charge in [-0.15, -0.1) is 0 Å². The van der Waals surface area contributed by atoms with Crippen LogP contribution in [0.2, 0.25) is 0 Å². The van der Waals surface area contributed by atoms with Crippen molar-refractivity contribution in [3.05, 3.63) is 15.8 Å². The average Bonchev–Trinajstić information content (AvgIpc) is 2.77. The molecule has 120 valence electrons. The van der Waals surface area contributed by atoms with Gasteiger partial charge in [0.1, 0.15) is 5.69 Å². The zero-order chi connectivity index (χ0) is 16.0. The quantitative estimate of drug-likeness (QED) is 0.557. The van der Waals surface area contributed by atoms with Gasteiger partial charge in [-0.2, -0.15) is 16.9 Å². The Bertz CT molecular complexity index is 475. The Kier molecular flexibility index (Phi) is 6.51. The highest BCUT2D eigenvalue weighted by Gasteiger charge is 2.30. The second kappa shape index (κ2) is 7.68. The van der Waals surface area contributed by atoms with E-state index < -0.39 is 0 Å². The molecule has 0 aliphatic heterocycles. The molecule has 7 heteroatoms. The normalized spacial score (nSPS) is 11.7. The Morgan fingerprint density at radius 3 is 2.43 bits per heavy atom. The maximum atomic E-state index is 11.4. The first kappa shape index (κ1) is 17.8. The molecule has 0 amide bonds. The monoisotopic (exact) mass is 314 g/mol. The fourth-order valence-corrected chi connectivity index (χ4v) is 3.26. The van der Waals surface area contributed by atoms with E-state index >= 15 is 0 Å². The van der Waals surface area contributed by atoms with E-state index in [2.05, 4.69) is 30.5 Å². The summed E-state index contributed by atoms with van der Waals surface area (Å²) in [5.41, 5.74) is 0.691. The number of nitro groups is 1. The number of rotatable bonds is 9. The van der Waals surface area contributed by atoms with Crippen molar-refractivity contribution in [2.75, 3.05) is 18.1 Å². The maximum Gasteiger partial charge on any atom is 0.333 e. The first-order valence-electron chi connectivity index (χ1n) is 7.43. The molecule has 0 fully saturated rings. The van der Waals surface area contributed by atoms with Gasteiger partial charge in [0.2, 0.25) is 5.82 Å². The van der Waals surface area contributed by atoms with E-state index in [-0.39, 0.29) is 15.4 Å². The van der Waals surface area contributed by atoms with Gasteiger partial charge in [-0.1, -0.05) is 27.2 Å². The zero-order valence-electron chi connectivity index (χ0n) is 13.6. The second-order valence-electron chi connectivity index (χ2n) is 5.22. The summed E-state index contributed by atoms with van der Waals surface area (Å²) in [5.74, 6) is 0.517. The molecule has 0 radical (unpaired) electrons. The molecule has 0 bridgehead atoms. The van der Waals surface area contributed by atoms with Gasteiger partial charge in [0, 0.05) is 18.3 Å². The van der Waals surface area contributed by atoms with Gasteiger partial charge < -0.3 is 5.32 Å². The summed E-state index contributed by atoms with van der Waals surface area (Å²) in [5, 5.41) is 18.9. The Morgan fingerprint density at radius 2 is 2.00 bits per heavy atom. The first-order chi connectivity index (χ1) is 9.94. The number of hydrogen-bond donors (Lipinski definition) is 1. The van der Waals surface area contributed by atoms with Crippen molar-refractivity contribution in [3.8, 4) is 0 Å². The molecule has 0 saturated carbocycles. The number of aryl methyl sites for hydroxylation is 2. The minimum absolute atomic E-state index is 0.100. The molecule has 1 rings (SSSR count). The van der Waals surface area contributed by atoms with E-state index in [0.717, 1.165) is 19.3 Å². The lowest BCUT2D eigenvalue weighted by atomic mass is 10.0. The van der Waals surface area contributed by atoms with E-state index in [9.17, 15) is 10.1 Å². The van der Waals surface area contributed by atoms with Gasteiger partial charge in [-0.25, -0.2) is 4.68 Å². The molecule has 0 atom stereocenters. The van der Waals surface area contributed by atoms with Crippen LogP contribution in [-0.2, 0) is 13.5 Å². The predicted molar refractivity (Wildman–Crippen MR) is 89.2 cm³/mol. The molecule has 21 heavy (non-hydrogen) atoms. The summed E-state index contributed by atoms with van der Waals surface area (Å²) >= 11 is 1.81. The molecule has 1 aromatic heterocycles. The molecule has 0 aromatic carbocycles. The largest absolute Gasteiger partial charge is 0.363 e. The van der Waals surface area contributed by atoms with Crippen LogP contribution in [-0.4, -0.2) is 32.3 Å². The van der Waals surface area contributed by atoms with Crippen molar-refractivity contribution < 1.29 is 4.92 Å². The van der Waals surface area contributed by atoms with Crippen LogP contribution in [0, 0.1) is 10.1 Å². The van der Waals surface area contributed by atoms with Crippen LogP contribution in [0.1, 0.15) is 45.7 Å². The van der Waals surface area contributed by atoms with E-state index in [1.165, 1.54) is 0 Å². The van der Waals surface area contributed by atoms with Crippen molar-refractivity contribution in [2.45, 2.75) is 51.2 Å². The van der Waals surface area contributed by atoms with Crippen molar-refractivity contribution in [2.24, 2.45) is 7.05 Å². The molecular weight excluding hydrogens is 288 g/mol. The SMILES string of the molecule is CCCc1nn(C)c(NCC(CC)(CC)SC)c1[N+](=O)[O-]. The fraction of sp³-hybridized carbons (Fsp3) is 0.786. The molecule has 6 nitrogen and oxygen atoms in total. The molecular formula is C14H26N4O2S. The van der Waals surface area contributed by atoms with Gasteiger partial charge in [-0.05, 0) is 25.5 Å². The highest BCUT2D eigenvalue weighted by atomic mass is 32.2. The van der Waals surface area contributed by atoms with Crippen LogP contribution in [0.25, 0.3) is 0 Å². The average molecular weight is 314 g/mol. The third-order valence-electron chi connectivity index (χ3n) is 4.06. The maximum absolute atomic E-state index is 11.4. The smallest absolute Gasteiger partial charge is 0.333 e. The van der Waals surface area contributed by atoms with Gasteiger partial charge in [0.15, 0.2) is 0 Å². The summed E-state index contributed by atoms with van der Waals surface area (Å²) in [7, 11) is 1.76. The highest BCUT2D eigenvalue weighted by Crippen LogP contribution is 2.33. The van der Waals surface area contributed by atoms with Gasteiger partial charge >= 0.3 is 5.69 Å². The van der Waals surface area contributed by atoms with Gasteiger partial charge in [-0.3, -0.25) is 10.1 Å². The van der Waals surface area contributed by atoms with Crippen molar-refractivity contribution >= 4 is 23.3 Å². The van der Waals surface area contributed by atoms with Crippen LogP contribution in [0.15, 0.2) is 0 Å². The highest BCUT2D eigenvalue weighted by molar-refractivity contribution is 8.00. The van der Waals surface area contributed by atoms with Crippen LogP contribution >= 0.6 is 11.8 Å². The third-order valence-corrected chi connectivity index (χ3v) is 5.65. The molecule has 0 saturated heterocycles. The standard InChI is InChI=1S/C14H26N4O2S/c1-6-9-11-12(18(19)20)13(17(4)16-11)15-10-14(7-2,8-3)21-5/h15H,6-10H2,1-5H3. The number of thioether (sulfide) groups is 1. The molecule has 1 aromatic rings. The Labute approximate surface area is 130 Å². The molecule has 0 unspecified atom stereocenters. The summed E-state index contributed by atoms with van der Waals surface area (Å²) in [6.07, 6.45) is 5.60. The number of nitrogens with one attached hydrogen (secondary N) is 1. The zero-order valence-corrected chi connectivity index (χ0v) is 14.4. The van der Waals surface area contributed by atoms with E-state index in [4.69, 9.17) is 0 Å². The third kappa shape index (κ3) is 3.90. The number of aromatic nitrogens is 2. The van der Waals surface area contributed by atoms with E-state index in [1.54, 1.807) is 11.7 Å². The lowest BCUT2D eigenvalue weighted by molar-refractivity contribution is -0.384. The Balaban J connectivity index is 3.05. The topological polar surface area (TPSA) is 73.0 Å².